The molecule has 0 saturated carbocycles. The minimum Gasteiger partial charge on any atom is -0.456 e. The van der Waals surface area contributed by atoms with Gasteiger partial charge in [0.1, 0.15) is 17.3 Å². The van der Waals surface area contributed by atoms with Crippen molar-refractivity contribution in [2.45, 2.75) is 20.0 Å². The van der Waals surface area contributed by atoms with Gasteiger partial charge in [-0.3, -0.25) is 0 Å². The Morgan fingerprint density at radius 2 is 1.45 bits per heavy atom. The molecule has 3 heteroatoms. The lowest BCUT2D eigenvalue weighted by molar-refractivity contribution is 0.665. The molecule has 0 bridgehead atoms. The molecule has 6 rings (SSSR count). The molecule has 142 valence electrons. The molecule has 0 amide bonds. The molecule has 0 unspecified atom stereocenters. The van der Waals surface area contributed by atoms with Gasteiger partial charge in [-0.1, -0.05) is 36.4 Å². The first-order valence-corrected chi connectivity index (χ1v) is 10.1. The van der Waals surface area contributed by atoms with Crippen LogP contribution in [0, 0.1) is 6.92 Å². The summed E-state index contributed by atoms with van der Waals surface area (Å²) in [4.78, 5) is 4.73. The summed E-state index contributed by atoms with van der Waals surface area (Å²) in [6.07, 6.45) is 0.246. The molecule has 1 atom stereocenters. The summed E-state index contributed by atoms with van der Waals surface area (Å²) in [5.74, 6) is 0. The van der Waals surface area contributed by atoms with E-state index in [-0.39, 0.29) is 6.17 Å². The van der Waals surface area contributed by atoms with Crippen LogP contribution in [0.25, 0.3) is 32.7 Å². The van der Waals surface area contributed by atoms with Gasteiger partial charge in [-0.05, 0) is 61.0 Å². The van der Waals surface area contributed by atoms with Gasteiger partial charge in [0.2, 0.25) is 0 Å². The third-order valence-corrected chi connectivity index (χ3v) is 6.44. The van der Waals surface area contributed by atoms with Crippen molar-refractivity contribution in [1.29, 1.82) is 0 Å². The van der Waals surface area contributed by atoms with Crippen LogP contribution in [0.15, 0.2) is 77.2 Å². The van der Waals surface area contributed by atoms with Gasteiger partial charge in [0.05, 0.1) is 11.4 Å². The first-order chi connectivity index (χ1) is 14.1. The topological polar surface area (TPSA) is 19.6 Å². The van der Waals surface area contributed by atoms with Crippen LogP contribution in [0.3, 0.4) is 0 Å². The summed E-state index contributed by atoms with van der Waals surface area (Å²) in [5.41, 5.74) is 6.81. The Bertz CT molecular complexity index is 1410. The Kier molecular flexibility index (Phi) is 3.28. The van der Waals surface area contributed by atoms with Crippen molar-refractivity contribution in [3.63, 3.8) is 0 Å². The largest absolute Gasteiger partial charge is 0.456 e. The number of benzene rings is 4. The molecule has 1 aromatic heterocycles. The van der Waals surface area contributed by atoms with E-state index in [1.54, 1.807) is 0 Å². The van der Waals surface area contributed by atoms with E-state index >= 15 is 0 Å². The number of hydrogen-bond donors (Lipinski definition) is 0. The molecule has 2 heterocycles. The van der Waals surface area contributed by atoms with Gasteiger partial charge < -0.3 is 14.2 Å². The van der Waals surface area contributed by atoms with Crippen LogP contribution in [0.5, 0.6) is 0 Å². The van der Waals surface area contributed by atoms with Crippen LogP contribution in [-0.2, 0) is 0 Å². The molecule has 0 radical (unpaired) electrons. The van der Waals surface area contributed by atoms with E-state index in [0.29, 0.717) is 0 Å². The van der Waals surface area contributed by atoms with Crippen LogP contribution in [0.2, 0.25) is 0 Å². The van der Waals surface area contributed by atoms with Crippen LogP contribution < -0.4 is 9.80 Å². The second-order valence-corrected chi connectivity index (χ2v) is 7.99. The average Bonchev–Trinajstić information content (AvgIpc) is 3.23. The van der Waals surface area contributed by atoms with Crippen molar-refractivity contribution in [3.05, 3.63) is 78.4 Å². The van der Waals surface area contributed by atoms with Crippen molar-refractivity contribution in [2.75, 3.05) is 16.8 Å². The highest BCUT2D eigenvalue weighted by Gasteiger charge is 2.32. The van der Waals surface area contributed by atoms with E-state index < -0.39 is 0 Å². The number of furan rings is 1. The van der Waals surface area contributed by atoms with Gasteiger partial charge in [0, 0.05) is 29.1 Å². The quantitative estimate of drug-likeness (QED) is 0.314. The van der Waals surface area contributed by atoms with Gasteiger partial charge in [-0.2, -0.15) is 0 Å². The highest BCUT2D eigenvalue weighted by Crippen LogP contribution is 2.46. The van der Waals surface area contributed by atoms with E-state index in [4.69, 9.17) is 4.42 Å². The third-order valence-electron chi connectivity index (χ3n) is 6.44. The maximum Gasteiger partial charge on any atom is 0.140 e. The maximum atomic E-state index is 6.40. The predicted octanol–water partition coefficient (Wildman–Crippen LogP) is 6.98. The SMILES string of the molecule is Cc1c(N2c3ccccc3N(C)[C@@H]2C)ccc2c1oc1cc3ccccc3cc12. The molecular weight excluding hydrogens is 356 g/mol. The van der Waals surface area contributed by atoms with Gasteiger partial charge in [0.15, 0.2) is 0 Å². The lowest BCUT2D eigenvalue weighted by Gasteiger charge is -2.29. The first kappa shape index (κ1) is 16.5. The molecule has 0 spiro atoms. The van der Waals surface area contributed by atoms with E-state index in [0.717, 1.165) is 11.2 Å². The number of fused-ring (bicyclic) bond motifs is 5. The summed E-state index contributed by atoms with van der Waals surface area (Å²) in [5, 5.41) is 4.81. The monoisotopic (exact) mass is 378 g/mol. The Labute approximate surface area is 169 Å². The average molecular weight is 378 g/mol. The van der Waals surface area contributed by atoms with Crippen LogP contribution in [-0.4, -0.2) is 13.2 Å². The number of nitrogens with zero attached hydrogens (tertiary/aromatic N) is 2. The first-order valence-electron chi connectivity index (χ1n) is 10.1. The fourth-order valence-electron chi connectivity index (χ4n) is 4.78. The summed E-state index contributed by atoms with van der Waals surface area (Å²) in [6, 6.07) is 25.9. The van der Waals surface area contributed by atoms with E-state index in [2.05, 4.69) is 103 Å². The fourth-order valence-corrected chi connectivity index (χ4v) is 4.78. The molecule has 5 aromatic rings. The van der Waals surface area contributed by atoms with Crippen molar-refractivity contribution >= 4 is 49.8 Å². The van der Waals surface area contributed by atoms with E-state index in [9.17, 15) is 0 Å². The third kappa shape index (κ3) is 2.18. The summed E-state index contributed by atoms with van der Waals surface area (Å²) >= 11 is 0. The Hall–Kier alpha value is -3.46. The Morgan fingerprint density at radius 1 is 0.759 bits per heavy atom. The summed E-state index contributed by atoms with van der Waals surface area (Å²) in [6.45, 7) is 4.42. The highest BCUT2D eigenvalue weighted by atomic mass is 16.3. The number of rotatable bonds is 1. The minimum atomic E-state index is 0.246. The van der Waals surface area contributed by atoms with Crippen molar-refractivity contribution in [2.24, 2.45) is 0 Å². The number of hydrogen-bond acceptors (Lipinski definition) is 3. The molecule has 1 aliphatic rings. The molecule has 1 aliphatic heterocycles. The fraction of sp³-hybridized carbons (Fsp3) is 0.154. The highest BCUT2D eigenvalue weighted by molar-refractivity contribution is 6.11. The van der Waals surface area contributed by atoms with Crippen LogP contribution in [0.4, 0.5) is 17.1 Å². The Balaban J connectivity index is 1.60. The Morgan fingerprint density at radius 3 is 2.24 bits per heavy atom. The van der Waals surface area contributed by atoms with Gasteiger partial charge in [0.25, 0.3) is 0 Å². The molecule has 3 nitrogen and oxygen atoms in total. The zero-order valence-corrected chi connectivity index (χ0v) is 16.8. The van der Waals surface area contributed by atoms with Crippen LogP contribution in [0.1, 0.15) is 12.5 Å². The van der Waals surface area contributed by atoms with Crippen molar-refractivity contribution < 1.29 is 4.42 Å². The summed E-state index contributed by atoms with van der Waals surface area (Å²) < 4.78 is 6.40. The smallest absolute Gasteiger partial charge is 0.140 e. The number of anilines is 3. The van der Waals surface area contributed by atoms with Crippen molar-refractivity contribution in [1.82, 2.24) is 0 Å². The zero-order valence-electron chi connectivity index (χ0n) is 16.8. The van der Waals surface area contributed by atoms with Gasteiger partial charge in [-0.15, -0.1) is 0 Å². The number of para-hydroxylation sites is 2. The van der Waals surface area contributed by atoms with Crippen LogP contribution >= 0.6 is 0 Å². The maximum absolute atomic E-state index is 6.40. The normalized spacial score (nSPS) is 16.3. The van der Waals surface area contributed by atoms with E-state index in [1.165, 1.54) is 44.2 Å². The molecule has 29 heavy (non-hydrogen) atoms. The molecule has 4 aromatic carbocycles. The van der Waals surface area contributed by atoms with Gasteiger partial charge in [-0.25, -0.2) is 0 Å². The molecule has 0 fully saturated rings. The standard InChI is InChI=1S/C26H22N2O/c1-16-22(28-17(2)27(3)23-10-6-7-11-24(23)28)13-12-20-21-14-18-8-4-5-9-19(18)15-25(21)29-26(16)20/h4-15,17H,1-3H3/t17-/m0/s1. The molecule has 0 aliphatic carbocycles. The van der Waals surface area contributed by atoms with E-state index in [1.807, 2.05) is 0 Å². The summed E-state index contributed by atoms with van der Waals surface area (Å²) in [7, 11) is 2.16. The number of aryl methyl sites for hydroxylation is 1. The second-order valence-electron chi connectivity index (χ2n) is 7.99. The molecule has 0 N–H and O–H groups in total. The zero-order chi connectivity index (χ0) is 19.7. The lowest BCUT2D eigenvalue weighted by atomic mass is 10.0. The van der Waals surface area contributed by atoms with Crippen molar-refractivity contribution in [3.8, 4) is 0 Å². The predicted molar refractivity (Wildman–Crippen MR) is 122 cm³/mol. The minimum absolute atomic E-state index is 0.246. The lowest BCUT2D eigenvalue weighted by Crippen LogP contribution is -2.35. The second kappa shape index (κ2) is 5.77. The molecule has 0 saturated heterocycles. The van der Waals surface area contributed by atoms with Gasteiger partial charge >= 0.3 is 0 Å². The molecular formula is C26H22N2O.